The lowest BCUT2D eigenvalue weighted by Crippen LogP contribution is -2.11. The van der Waals surface area contributed by atoms with Crippen LogP contribution in [0.5, 0.6) is 0 Å². The standard InChI is InChI=1S/C18H10ClN3O4S/c19-10-5-6-12(20-17(23)14-7-8-16(26-14)22(24)25)11(9-10)18-21-13-3-1-2-4-15(13)27-18/h1-9H,(H,20,23). The van der Waals surface area contributed by atoms with Crippen molar-refractivity contribution in [2.24, 2.45) is 0 Å². The lowest BCUT2D eigenvalue weighted by molar-refractivity contribution is -0.402. The smallest absolute Gasteiger partial charge is 0.395 e. The van der Waals surface area contributed by atoms with Gasteiger partial charge in [0.2, 0.25) is 0 Å². The molecule has 0 radical (unpaired) electrons. The highest BCUT2D eigenvalue weighted by molar-refractivity contribution is 7.21. The first-order valence-corrected chi connectivity index (χ1v) is 8.92. The fourth-order valence-corrected chi connectivity index (χ4v) is 3.69. The van der Waals surface area contributed by atoms with Crippen LogP contribution in [0.3, 0.4) is 0 Å². The Labute approximate surface area is 161 Å². The van der Waals surface area contributed by atoms with Gasteiger partial charge in [0.15, 0.2) is 5.76 Å². The van der Waals surface area contributed by atoms with Gasteiger partial charge in [-0.2, -0.15) is 0 Å². The number of nitro groups is 1. The molecule has 0 bridgehead atoms. The molecule has 0 atom stereocenters. The fourth-order valence-electron chi connectivity index (χ4n) is 2.52. The number of hydrogen-bond donors (Lipinski definition) is 1. The SMILES string of the molecule is O=C(Nc1ccc(Cl)cc1-c1nc2ccccc2s1)c1ccc([N+](=O)[O-])o1. The molecular weight excluding hydrogens is 390 g/mol. The van der Waals surface area contributed by atoms with Gasteiger partial charge < -0.3 is 9.73 Å². The Kier molecular flexibility index (Phi) is 4.35. The summed E-state index contributed by atoms with van der Waals surface area (Å²) in [5.41, 5.74) is 1.97. The van der Waals surface area contributed by atoms with Crippen LogP contribution >= 0.6 is 22.9 Å². The summed E-state index contributed by atoms with van der Waals surface area (Å²) < 4.78 is 5.95. The zero-order chi connectivity index (χ0) is 19.0. The second-order valence-corrected chi connectivity index (χ2v) is 6.99. The molecule has 2 heterocycles. The van der Waals surface area contributed by atoms with Crippen LogP contribution in [0.4, 0.5) is 11.6 Å². The maximum atomic E-state index is 12.4. The van der Waals surface area contributed by atoms with E-state index in [0.717, 1.165) is 16.3 Å². The first-order chi connectivity index (χ1) is 13.0. The minimum absolute atomic E-state index is 0.160. The monoisotopic (exact) mass is 399 g/mol. The van der Waals surface area contributed by atoms with Gasteiger partial charge in [-0.1, -0.05) is 23.7 Å². The Hall–Kier alpha value is -3.23. The van der Waals surface area contributed by atoms with Crippen molar-refractivity contribution in [2.75, 3.05) is 5.32 Å². The van der Waals surface area contributed by atoms with E-state index in [9.17, 15) is 14.9 Å². The molecule has 1 amide bonds. The quantitative estimate of drug-likeness (QED) is 0.367. The lowest BCUT2D eigenvalue weighted by atomic mass is 10.2. The molecule has 4 aromatic rings. The summed E-state index contributed by atoms with van der Waals surface area (Å²) in [5, 5.41) is 14.6. The first-order valence-electron chi connectivity index (χ1n) is 7.72. The fraction of sp³-hybridized carbons (Fsp3) is 0. The number of hydrogen-bond acceptors (Lipinski definition) is 6. The van der Waals surface area contributed by atoms with Gasteiger partial charge in [0.05, 0.1) is 22.0 Å². The molecule has 0 aliphatic heterocycles. The molecule has 7 nitrogen and oxygen atoms in total. The Morgan fingerprint density at radius 2 is 2.00 bits per heavy atom. The van der Waals surface area contributed by atoms with Crippen LogP contribution in [-0.2, 0) is 0 Å². The van der Waals surface area contributed by atoms with Crippen molar-refractivity contribution in [2.45, 2.75) is 0 Å². The van der Waals surface area contributed by atoms with Crippen molar-refractivity contribution in [3.63, 3.8) is 0 Å². The van der Waals surface area contributed by atoms with Gasteiger partial charge in [-0.3, -0.25) is 14.9 Å². The number of carbonyl (C=O) groups is 1. The van der Waals surface area contributed by atoms with Crippen molar-refractivity contribution in [1.82, 2.24) is 4.98 Å². The molecule has 0 unspecified atom stereocenters. The molecule has 2 aromatic carbocycles. The highest BCUT2D eigenvalue weighted by Gasteiger charge is 2.19. The van der Waals surface area contributed by atoms with Crippen LogP contribution in [0.15, 0.2) is 59.0 Å². The van der Waals surface area contributed by atoms with Crippen molar-refractivity contribution in [1.29, 1.82) is 0 Å². The molecule has 0 aliphatic rings. The zero-order valence-electron chi connectivity index (χ0n) is 13.5. The number of nitrogens with one attached hydrogen (secondary N) is 1. The molecule has 4 rings (SSSR count). The minimum Gasteiger partial charge on any atom is -0.395 e. The highest BCUT2D eigenvalue weighted by atomic mass is 35.5. The van der Waals surface area contributed by atoms with E-state index >= 15 is 0 Å². The van der Waals surface area contributed by atoms with Crippen molar-refractivity contribution < 1.29 is 14.1 Å². The van der Waals surface area contributed by atoms with Crippen molar-refractivity contribution >= 4 is 50.6 Å². The number of amides is 1. The summed E-state index contributed by atoms with van der Waals surface area (Å²) in [6.07, 6.45) is 0. The number of rotatable bonds is 4. The number of halogens is 1. The molecule has 0 saturated carbocycles. The third kappa shape index (κ3) is 3.40. The third-order valence-electron chi connectivity index (χ3n) is 3.75. The second kappa shape index (κ2) is 6.82. The molecule has 134 valence electrons. The predicted octanol–water partition coefficient (Wildman–Crippen LogP) is 5.37. The van der Waals surface area contributed by atoms with Gasteiger partial charge in [0.25, 0.3) is 5.91 Å². The van der Waals surface area contributed by atoms with E-state index in [2.05, 4.69) is 10.3 Å². The Balaban J connectivity index is 1.70. The Bertz CT molecular complexity index is 1150. The number of fused-ring (bicyclic) bond motifs is 1. The largest absolute Gasteiger partial charge is 0.433 e. The van der Waals surface area contributed by atoms with E-state index in [-0.39, 0.29) is 5.76 Å². The Morgan fingerprint density at radius 3 is 2.74 bits per heavy atom. The van der Waals surface area contributed by atoms with Gasteiger partial charge in [-0.25, -0.2) is 4.98 Å². The molecule has 9 heteroatoms. The summed E-state index contributed by atoms with van der Waals surface area (Å²) >= 11 is 7.60. The topological polar surface area (TPSA) is 98.3 Å². The van der Waals surface area contributed by atoms with Gasteiger partial charge >= 0.3 is 5.88 Å². The van der Waals surface area contributed by atoms with Crippen molar-refractivity contribution in [3.8, 4) is 10.6 Å². The number of benzene rings is 2. The maximum Gasteiger partial charge on any atom is 0.433 e. The number of nitrogens with zero attached hydrogens (tertiary/aromatic N) is 2. The molecule has 0 spiro atoms. The number of thiazole rings is 1. The third-order valence-corrected chi connectivity index (χ3v) is 5.05. The van der Waals surface area contributed by atoms with Gasteiger partial charge in [-0.05, 0) is 36.4 Å². The molecular formula is C18H10ClN3O4S. The van der Waals surface area contributed by atoms with Gasteiger partial charge in [0.1, 0.15) is 9.93 Å². The molecule has 1 N–H and O–H groups in total. The maximum absolute atomic E-state index is 12.4. The average molecular weight is 400 g/mol. The van der Waals surface area contributed by atoms with Crippen LogP contribution in [-0.4, -0.2) is 15.8 Å². The van der Waals surface area contributed by atoms with E-state index < -0.39 is 16.7 Å². The molecule has 0 aliphatic carbocycles. The van der Waals surface area contributed by atoms with Crippen LogP contribution in [0, 0.1) is 10.1 Å². The summed E-state index contributed by atoms with van der Waals surface area (Å²) in [6.45, 7) is 0. The van der Waals surface area contributed by atoms with Gasteiger partial charge in [0, 0.05) is 10.6 Å². The van der Waals surface area contributed by atoms with Crippen LogP contribution in [0.1, 0.15) is 10.6 Å². The van der Waals surface area contributed by atoms with E-state index in [1.165, 1.54) is 17.4 Å². The molecule has 2 aromatic heterocycles. The van der Waals surface area contributed by atoms with Crippen molar-refractivity contribution in [3.05, 3.63) is 75.5 Å². The molecule has 27 heavy (non-hydrogen) atoms. The predicted molar refractivity (Wildman–Crippen MR) is 103 cm³/mol. The van der Waals surface area contributed by atoms with E-state index in [0.29, 0.717) is 21.3 Å². The summed E-state index contributed by atoms with van der Waals surface area (Å²) in [5.74, 6) is -1.26. The second-order valence-electron chi connectivity index (χ2n) is 5.53. The number of anilines is 1. The number of carbonyl (C=O) groups excluding carboxylic acids is 1. The number of para-hydroxylation sites is 1. The van der Waals surface area contributed by atoms with Crippen LogP contribution in [0.25, 0.3) is 20.8 Å². The molecule has 0 fully saturated rings. The van der Waals surface area contributed by atoms with E-state index in [1.807, 2.05) is 24.3 Å². The number of furan rings is 1. The summed E-state index contributed by atoms with van der Waals surface area (Å²) in [6, 6.07) is 15.1. The molecule has 0 saturated heterocycles. The van der Waals surface area contributed by atoms with Crippen LogP contribution < -0.4 is 5.32 Å². The van der Waals surface area contributed by atoms with Crippen LogP contribution in [0.2, 0.25) is 5.02 Å². The minimum atomic E-state index is -0.703. The van der Waals surface area contributed by atoms with E-state index in [1.54, 1.807) is 18.2 Å². The van der Waals surface area contributed by atoms with Gasteiger partial charge in [-0.15, -0.1) is 11.3 Å². The zero-order valence-corrected chi connectivity index (χ0v) is 15.1. The first kappa shape index (κ1) is 17.2. The number of aromatic nitrogens is 1. The normalized spacial score (nSPS) is 10.9. The summed E-state index contributed by atoms with van der Waals surface area (Å²) in [4.78, 5) is 27.0. The average Bonchev–Trinajstić information content (AvgIpc) is 3.30. The summed E-state index contributed by atoms with van der Waals surface area (Å²) in [7, 11) is 0. The highest BCUT2D eigenvalue weighted by Crippen LogP contribution is 2.36. The van der Waals surface area contributed by atoms with E-state index in [4.69, 9.17) is 16.0 Å². The lowest BCUT2D eigenvalue weighted by Gasteiger charge is -2.08. The Morgan fingerprint density at radius 1 is 1.19 bits per heavy atom.